The molecule has 0 saturated heterocycles. The van der Waals surface area contributed by atoms with Gasteiger partial charge in [-0.15, -0.1) is 0 Å². The third kappa shape index (κ3) is 4.91. The lowest BCUT2D eigenvalue weighted by molar-refractivity contribution is 0.205. The van der Waals surface area contributed by atoms with Crippen LogP contribution in [-0.2, 0) is 17.8 Å². The number of hydrogen-bond acceptors (Lipinski definition) is 5. The number of methoxy groups -OCH3 is 1. The van der Waals surface area contributed by atoms with Gasteiger partial charge in [0.25, 0.3) is 5.56 Å². The third-order valence-corrected chi connectivity index (χ3v) is 4.54. The molecule has 0 aliphatic rings. The second kappa shape index (κ2) is 9.20. The van der Waals surface area contributed by atoms with Crippen LogP contribution in [0.2, 0.25) is 0 Å². The number of nitrogens with zero attached hydrogens (tertiary/aromatic N) is 2. The topological polar surface area (TPSA) is 93.3 Å². The largest absolute Gasteiger partial charge is 0.383 e. The number of aromatic nitrogens is 2. The Morgan fingerprint density at radius 1 is 1.10 bits per heavy atom. The zero-order chi connectivity index (χ0) is 20.8. The average Bonchev–Trinajstić information content (AvgIpc) is 2.70. The SMILES string of the molecule is COCCN(Cc1cccc(F)c1)c1c(N)n(Cc2ccccc2)c(=O)[nH]c1=O. The van der Waals surface area contributed by atoms with E-state index in [9.17, 15) is 14.0 Å². The number of nitrogens with one attached hydrogen (secondary N) is 1. The van der Waals surface area contributed by atoms with Gasteiger partial charge in [0.1, 0.15) is 17.3 Å². The van der Waals surface area contributed by atoms with Gasteiger partial charge in [0.15, 0.2) is 0 Å². The van der Waals surface area contributed by atoms with Crippen LogP contribution in [0.15, 0.2) is 64.2 Å². The summed E-state index contributed by atoms with van der Waals surface area (Å²) in [5.74, 6) is -0.319. The molecule has 0 saturated carbocycles. The van der Waals surface area contributed by atoms with Crippen molar-refractivity contribution in [3.8, 4) is 0 Å². The van der Waals surface area contributed by atoms with Crippen molar-refractivity contribution < 1.29 is 9.13 Å². The summed E-state index contributed by atoms with van der Waals surface area (Å²) in [7, 11) is 1.55. The van der Waals surface area contributed by atoms with Crippen molar-refractivity contribution in [2.24, 2.45) is 0 Å². The van der Waals surface area contributed by atoms with Gasteiger partial charge in [0.2, 0.25) is 0 Å². The molecular formula is C21H23FN4O3. The first-order valence-electron chi connectivity index (χ1n) is 9.14. The van der Waals surface area contributed by atoms with Crippen LogP contribution in [0.3, 0.4) is 0 Å². The molecule has 0 amide bonds. The van der Waals surface area contributed by atoms with E-state index in [2.05, 4.69) is 4.98 Å². The minimum absolute atomic E-state index is 0.0510. The summed E-state index contributed by atoms with van der Waals surface area (Å²) in [5.41, 5.74) is 6.79. The maximum Gasteiger partial charge on any atom is 0.330 e. The van der Waals surface area contributed by atoms with Crippen molar-refractivity contribution in [2.75, 3.05) is 30.9 Å². The number of benzene rings is 2. The maximum atomic E-state index is 13.6. The van der Waals surface area contributed by atoms with Crippen molar-refractivity contribution in [1.82, 2.24) is 9.55 Å². The van der Waals surface area contributed by atoms with Crippen LogP contribution < -0.4 is 21.9 Å². The summed E-state index contributed by atoms with van der Waals surface area (Å²) in [6.45, 7) is 1.11. The molecule has 3 aromatic rings. The van der Waals surface area contributed by atoms with E-state index in [4.69, 9.17) is 10.5 Å². The number of nitrogens with two attached hydrogens (primary N) is 1. The number of halogens is 1. The Morgan fingerprint density at radius 2 is 1.83 bits per heavy atom. The van der Waals surface area contributed by atoms with Crippen molar-refractivity contribution in [2.45, 2.75) is 13.1 Å². The Morgan fingerprint density at radius 3 is 2.52 bits per heavy atom. The molecular weight excluding hydrogens is 375 g/mol. The summed E-state index contributed by atoms with van der Waals surface area (Å²) in [6, 6.07) is 15.4. The number of ether oxygens (including phenoxy) is 1. The molecule has 0 unspecified atom stereocenters. The van der Waals surface area contributed by atoms with E-state index in [-0.39, 0.29) is 30.4 Å². The van der Waals surface area contributed by atoms with Gasteiger partial charge in [0, 0.05) is 20.2 Å². The Labute approximate surface area is 167 Å². The highest BCUT2D eigenvalue weighted by Crippen LogP contribution is 2.20. The van der Waals surface area contributed by atoms with Crippen LogP contribution in [0.4, 0.5) is 15.9 Å². The van der Waals surface area contributed by atoms with Crippen LogP contribution in [0.25, 0.3) is 0 Å². The maximum absolute atomic E-state index is 13.6. The van der Waals surface area contributed by atoms with Crippen LogP contribution in [-0.4, -0.2) is 29.8 Å². The molecule has 1 heterocycles. The van der Waals surface area contributed by atoms with E-state index >= 15 is 0 Å². The predicted molar refractivity (Wildman–Crippen MR) is 111 cm³/mol. The monoisotopic (exact) mass is 398 g/mol. The normalized spacial score (nSPS) is 10.8. The van der Waals surface area contributed by atoms with E-state index < -0.39 is 11.2 Å². The number of rotatable bonds is 8. The van der Waals surface area contributed by atoms with Crippen LogP contribution in [0, 0.1) is 5.82 Å². The summed E-state index contributed by atoms with van der Waals surface area (Å²) < 4.78 is 20.1. The first-order valence-corrected chi connectivity index (χ1v) is 9.14. The third-order valence-electron chi connectivity index (χ3n) is 4.54. The van der Waals surface area contributed by atoms with E-state index in [1.165, 1.54) is 16.7 Å². The van der Waals surface area contributed by atoms with Crippen LogP contribution >= 0.6 is 0 Å². The Bertz CT molecular complexity index is 1080. The fourth-order valence-corrected chi connectivity index (χ4v) is 3.13. The van der Waals surface area contributed by atoms with Gasteiger partial charge < -0.3 is 15.4 Å². The summed E-state index contributed by atoms with van der Waals surface area (Å²) >= 11 is 0. The minimum Gasteiger partial charge on any atom is -0.383 e. The van der Waals surface area contributed by atoms with Gasteiger partial charge in [0.05, 0.1) is 13.2 Å². The molecule has 0 fully saturated rings. The van der Waals surface area contributed by atoms with Gasteiger partial charge in [-0.05, 0) is 23.3 Å². The lowest BCUT2D eigenvalue weighted by atomic mass is 10.2. The van der Waals surface area contributed by atoms with Gasteiger partial charge in [-0.1, -0.05) is 42.5 Å². The van der Waals surface area contributed by atoms with Gasteiger partial charge in [-0.25, -0.2) is 9.18 Å². The Balaban J connectivity index is 2.03. The predicted octanol–water partition coefficient (Wildman–Crippen LogP) is 1.96. The van der Waals surface area contributed by atoms with E-state index in [0.717, 1.165) is 5.56 Å². The van der Waals surface area contributed by atoms with Crippen LogP contribution in [0.5, 0.6) is 0 Å². The highest BCUT2D eigenvalue weighted by atomic mass is 19.1. The van der Waals surface area contributed by atoms with Crippen molar-refractivity contribution in [3.05, 3.63) is 92.4 Å². The van der Waals surface area contributed by atoms with E-state index in [1.807, 2.05) is 30.3 Å². The molecule has 29 heavy (non-hydrogen) atoms. The van der Waals surface area contributed by atoms with Crippen molar-refractivity contribution in [1.29, 1.82) is 0 Å². The molecule has 7 nitrogen and oxygen atoms in total. The quantitative estimate of drug-likeness (QED) is 0.605. The minimum atomic E-state index is -0.593. The molecule has 3 rings (SSSR count). The standard InChI is InChI=1S/C21H23FN4O3/c1-29-11-10-25(13-16-8-5-9-17(22)12-16)18-19(23)26(21(28)24-20(18)27)14-15-6-3-2-4-7-15/h2-9,12H,10-11,13-14,23H2,1H3,(H,24,27,28). The molecule has 1 aromatic heterocycles. The molecule has 8 heteroatoms. The molecule has 0 aliphatic heterocycles. The lowest BCUT2D eigenvalue weighted by Gasteiger charge is -2.26. The average molecular weight is 398 g/mol. The zero-order valence-electron chi connectivity index (χ0n) is 16.1. The Hall–Kier alpha value is -3.39. The molecule has 3 N–H and O–H groups in total. The number of H-pyrrole nitrogens is 1. The van der Waals surface area contributed by atoms with Gasteiger partial charge in [-0.2, -0.15) is 0 Å². The second-order valence-corrected chi connectivity index (χ2v) is 6.61. The number of aromatic amines is 1. The zero-order valence-corrected chi connectivity index (χ0v) is 16.1. The molecule has 0 aliphatic carbocycles. The Kier molecular flexibility index (Phi) is 6.46. The molecule has 152 valence electrons. The molecule has 0 radical (unpaired) electrons. The fraction of sp³-hybridized carbons (Fsp3) is 0.238. The van der Waals surface area contributed by atoms with E-state index in [1.54, 1.807) is 24.1 Å². The van der Waals surface area contributed by atoms with Crippen LogP contribution in [0.1, 0.15) is 11.1 Å². The summed E-state index contributed by atoms with van der Waals surface area (Å²) in [5, 5.41) is 0. The number of anilines is 2. The first-order chi connectivity index (χ1) is 14.0. The highest BCUT2D eigenvalue weighted by Gasteiger charge is 2.19. The van der Waals surface area contributed by atoms with E-state index in [0.29, 0.717) is 18.7 Å². The van der Waals surface area contributed by atoms with Gasteiger partial charge in [-0.3, -0.25) is 14.3 Å². The molecule has 0 atom stereocenters. The summed E-state index contributed by atoms with van der Waals surface area (Å²) in [4.78, 5) is 29.0. The van der Waals surface area contributed by atoms with Gasteiger partial charge >= 0.3 is 5.69 Å². The molecule has 0 bridgehead atoms. The number of hydrogen-bond donors (Lipinski definition) is 2. The molecule has 0 spiro atoms. The lowest BCUT2D eigenvalue weighted by Crippen LogP contribution is -2.39. The molecule has 2 aromatic carbocycles. The summed E-state index contributed by atoms with van der Waals surface area (Å²) in [6.07, 6.45) is 0. The van der Waals surface area contributed by atoms with Crippen molar-refractivity contribution in [3.63, 3.8) is 0 Å². The fourth-order valence-electron chi connectivity index (χ4n) is 3.13. The first kappa shape index (κ1) is 20.3. The smallest absolute Gasteiger partial charge is 0.330 e. The van der Waals surface area contributed by atoms with Crippen molar-refractivity contribution >= 4 is 11.5 Å². The highest BCUT2D eigenvalue weighted by molar-refractivity contribution is 5.62. The second-order valence-electron chi connectivity index (χ2n) is 6.61. The number of nitrogen functional groups attached to an aromatic ring is 1.